The van der Waals surface area contributed by atoms with Crippen molar-refractivity contribution in [1.82, 2.24) is 0 Å². The van der Waals surface area contributed by atoms with Crippen molar-refractivity contribution in [3.05, 3.63) is 33.6 Å². The first-order valence-electron chi connectivity index (χ1n) is 4.77. The number of hydrogen-bond donors (Lipinski definition) is 1. The minimum atomic E-state index is -0.778. The molecule has 0 atom stereocenters. The van der Waals surface area contributed by atoms with E-state index in [1.807, 2.05) is 0 Å². The van der Waals surface area contributed by atoms with Crippen LogP contribution in [0, 0.1) is 27.8 Å². The van der Waals surface area contributed by atoms with Gasteiger partial charge in [-0.05, 0) is 6.07 Å². The molecule has 5 nitrogen and oxygen atoms in total. The summed E-state index contributed by atoms with van der Waals surface area (Å²) in [6.07, 6.45) is 0. The van der Waals surface area contributed by atoms with E-state index in [1.165, 1.54) is 6.92 Å². The van der Waals surface area contributed by atoms with E-state index in [0.29, 0.717) is 0 Å². The lowest BCUT2D eigenvalue weighted by molar-refractivity contribution is -0.384. The summed E-state index contributed by atoms with van der Waals surface area (Å²) in [5.41, 5.74) is 4.86. The highest BCUT2D eigenvalue weighted by Gasteiger charge is 2.16. The summed E-state index contributed by atoms with van der Waals surface area (Å²) in [7, 11) is 0. The van der Waals surface area contributed by atoms with Gasteiger partial charge in [0.2, 0.25) is 0 Å². The minimum absolute atomic E-state index is 0.0471. The topological polar surface area (TPSA) is 86.2 Å². The first kappa shape index (κ1) is 14.0. The lowest BCUT2D eigenvalue weighted by atomic mass is 10.1. The lowest BCUT2D eigenvalue weighted by Gasteiger charge is -2.00. The van der Waals surface area contributed by atoms with Gasteiger partial charge in [-0.15, -0.1) is 0 Å². The maximum absolute atomic E-state index is 13.1. The molecule has 7 heteroatoms. The molecule has 1 aromatic carbocycles. The van der Waals surface area contributed by atoms with Crippen LogP contribution in [0.4, 0.5) is 15.8 Å². The summed E-state index contributed by atoms with van der Waals surface area (Å²) >= 11 is 0.990. The number of hydrogen-bond acceptors (Lipinski definition) is 5. The number of halogens is 1. The van der Waals surface area contributed by atoms with Gasteiger partial charge < -0.3 is 5.73 Å². The predicted molar refractivity (Wildman–Crippen MR) is 67.5 cm³/mol. The third-order valence-electron chi connectivity index (χ3n) is 1.89. The Kier molecular flexibility index (Phi) is 4.68. The predicted octanol–water partition coefficient (Wildman–Crippen LogP) is 1.95. The molecule has 2 N–H and O–H groups in total. The second-order valence-corrected chi connectivity index (χ2v) is 4.38. The fourth-order valence-electron chi connectivity index (χ4n) is 1.13. The molecule has 0 aliphatic heterocycles. The number of rotatable bonds is 2. The van der Waals surface area contributed by atoms with E-state index < -0.39 is 16.4 Å². The van der Waals surface area contributed by atoms with E-state index in [4.69, 9.17) is 5.73 Å². The standard InChI is InChI=1S/C11H9FN2O3S/c1-7(15)18-4-2-3-8-5-9(12)6-10(11(8)13)14(16)17/h5-6H,4,13H2,1H3. The van der Waals surface area contributed by atoms with Gasteiger partial charge >= 0.3 is 0 Å². The number of carbonyl (C=O) groups excluding carboxylic acids is 1. The first-order chi connectivity index (χ1) is 8.41. The monoisotopic (exact) mass is 268 g/mol. The van der Waals surface area contributed by atoms with Gasteiger partial charge in [-0.3, -0.25) is 14.9 Å². The highest BCUT2D eigenvalue weighted by Crippen LogP contribution is 2.25. The molecule has 0 amide bonds. The molecule has 0 saturated carbocycles. The average molecular weight is 268 g/mol. The SMILES string of the molecule is CC(=O)SCC#Cc1cc(F)cc([N+](=O)[O-])c1N. The molecular weight excluding hydrogens is 259 g/mol. The summed E-state index contributed by atoms with van der Waals surface area (Å²) in [5.74, 6) is 4.54. The quantitative estimate of drug-likeness (QED) is 0.383. The maximum atomic E-state index is 13.1. The van der Waals surface area contributed by atoms with Gasteiger partial charge in [0.25, 0.3) is 5.69 Å². The third-order valence-corrected chi connectivity index (χ3v) is 2.59. The van der Waals surface area contributed by atoms with Crippen LogP contribution in [-0.4, -0.2) is 15.8 Å². The highest BCUT2D eigenvalue weighted by atomic mass is 32.2. The van der Waals surface area contributed by atoms with Crippen LogP contribution in [0.2, 0.25) is 0 Å². The zero-order valence-corrected chi connectivity index (χ0v) is 10.2. The number of anilines is 1. The molecule has 18 heavy (non-hydrogen) atoms. The Balaban J connectivity index is 3.02. The molecule has 94 valence electrons. The van der Waals surface area contributed by atoms with Gasteiger partial charge in [0.1, 0.15) is 11.5 Å². The van der Waals surface area contributed by atoms with Crippen LogP contribution in [0.3, 0.4) is 0 Å². The van der Waals surface area contributed by atoms with E-state index in [-0.39, 0.29) is 22.1 Å². The van der Waals surface area contributed by atoms with Gasteiger partial charge in [0.15, 0.2) is 5.12 Å². The Morgan fingerprint density at radius 2 is 2.28 bits per heavy atom. The Hall–Kier alpha value is -2.07. The first-order valence-corrected chi connectivity index (χ1v) is 5.76. The maximum Gasteiger partial charge on any atom is 0.296 e. The van der Waals surface area contributed by atoms with Crippen molar-refractivity contribution in [2.45, 2.75) is 6.92 Å². The molecule has 0 radical (unpaired) electrons. The average Bonchev–Trinajstić information content (AvgIpc) is 2.27. The molecule has 0 aliphatic carbocycles. The molecule has 0 aromatic heterocycles. The molecule has 0 aliphatic rings. The van der Waals surface area contributed by atoms with E-state index in [2.05, 4.69) is 11.8 Å². The van der Waals surface area contributed by atoms with Gasteiger partial charge in [-0.2, -0.15) is 0 Å². The molecule has 0 saturated heterocycles. The Morgan fingerprint density at radius 1 is 1.61 bits per heavy atom. The zero-order valence-electron chi connectivity index (χ0n) is 9.40. The van der Waals surface area contributed by atoms with E-state index in [9.17, 15) is 19.3 Å². The summed E-state index contributed by atoms with van der Waals surface area (Å²) in [5, 5.41) is 10.5. The molecule has 1 rings (SSSR count). The lowest BCUT2D eigenvalue weighted by Crippen LogP contribution is -1.99. The van der Waals surface area contributed by atoms with Crippen LogP contribution in [0.25, 0.3) is 0 Å². The molecule has 0 fully saturated rings. The van der Waals surface area contributed by atoms with Crippen molar-refractivity contribution in [3.8, 4) is 11.8 Å². The van der Waals surface area contributed by atoms with E-state index in [0.717, 1.165) is 23.9 Å². The van der Waals surface area contributed by atoms with Crippen molar-refractivity contribution in [2.75, 3.05) is 11.5 Å². The normalized spacial score (nSPS) is 9.44. The number of thioether (sulfide) groups is 1. The Bertz CT molecular complexity index is 563. The highest BCUT2D eigenvalue weighted by molar-refractivity contribution is 8.13. The smallest absolute Gasteiger partial charge is 0.296 e. The Morgan fingerprint density at radius 3 is 2.83 bits per heavy atom. The number of nitrogen functional groups attached to an aromatic ring is 1. The van der Waals surface area contributed by atoms with Crippen molar-refractivity contribution in [2.24, 2.45) is 0 Å². The number of nitro benzene ring substituents is 1. The summed E-state index contributed by atoms with van der Waals surface area (Å²) in [6.45, 7) is 1.40. The summed E-state index contributed by atoms with van der Waals surface area (Å²) in [4.78, 5) is 20.5. The molecule has 1 aromatic rings. The van der Waals surface area contributed by atoms with Gasteiger partial charge in [0, 0.05) is 6.92 Å². The van der Waals surface area contributed by atoms with Crippen LogP contribution >= 0.6 is 11.8 Å². The molecule has 0 heterocycles. The number of nitrogens with zero attached hydrogens (tertiary/aromatic N) is 1. The van der Waals surface area contributed by atoms with E-state index in [1.54, 1.807) is 0 Å². The number of benzene rings is 1. The largest absolute Gasteiger partial charge is 0.392 e. The Labute approximate surface area is 107 Å². The summed E-state index contributed by atoms with van der Waals surface area (Å²) < 4.78 is 13.1. The molecule has 0 spiro atoms. The summed E-state index contributed by atoms with van der Waals surface area (Å²) in [6, 6.07) is 1.76. The zero-order chi connectivity index (χ0) is 13.7. The van der Waals surface area contributed by atoms with Crippen LogP contribution in [0.1, 0.15) is 12.5 Å². The van der Waals surface area contributed by atoms with E-state index >= 15 is 0 Å². The number of nitrogens with two attached hydrogens (primary N) is 1. The number of carbonyl (C=O) groups is 1. The molecular formula is C11H9FN2O3S. The third kappa shape index (κ3) is 3.75. The molecule has 0 bridgehead atoms. The second-order valence-electron chi connectivity index (χ2n) is 3.23. The van der Waals surface area contributed by atoms with Crippen LogP contribution < -0.4 is 5.73 Å². The number of nitro groups is 1. The second kappa shape index (κ2) is 6.02. The van der Waals surface area contributed by atoms with Gasteiger partial charge in [-0.1, -0.05) is 23.6 Å². The fraction of sp³-hybridized carbons (Fsp3) is 0.182. The van der Waals surface area contributed by atoms with Crippen LogP contribution in [-0.2, 0) is 4.79 Å². The van der Waals surface area contributed by atoms with Gasteiger partial charge in [0.05, 0.1) is 22.3 Å². The van der Waals surface area contributed by atoms with Crippen molar-refractivity contribution < 1.29 is 14.1 Å². The fourth-order valence-corrected chi connectivity index (χ4v) is 1.47. The van der Waals surface area contributed by atoms with Crippen LogP contribution in [0.15, 0.2) is 12.1 Å². The van der Waals surface area contributed by atoms with Gasteiger partial charge in [-0.25, -0.2) is 4.39 Å². The van der Waals surface area contributed by atoms with Crippen molar-refractivity contribution in [1.29, 1.82) is 0 Å². The van der Waals surface area contributed by atoms with Crippen molar-refractivity contribution in [3.63, 3.8) is 0 Å². The molecule has 0 unspecified atom stereocenters. The van der Waals surface area contributed by atoms with Crippen LogP contribution in [0.5, 0.6) is 0 Å². The minimum Gasteiger partial charge on any atom is -0.392 e. The van der Waals surface area contributed by atoms with Crippen molar-refractivity contribution >= 4 is 28.3 Å².